The van der Waals surface area contributed by atoms with Gasteiger partial charge in [0.15, 0.2) is 17.1 Å². The van der Waals surface area contributed by atoms with Gasteiger partial charge in [-0.2, -0.15) is 0 Å². The van der Waals surface area contributed by atoms with Crippen LogP contribution in [0, 0.1) is 5.41 Å². The highest BCUT2D eigenvalue weighted by Gasteiger charge is 2.55. The van der Waals surface area contributed by atoms with Crippen LogP contribution in [0.5, 0.6) is 11.5 Å². The average molecular weight is 612 g/mol. The van der Waals surface area contributed by atoms with Gasteiger partial charge in [0.2, 0.25) is 30.3 Å². The predicted octanol–water partition coefficient (Wildman–Crippen LogP) is 1.56. The van der Waals surface area contributed by atoms with Crippen molar-refractivity contribution in [1.29, 1.82) is 0 Å². The number of ketones is 1. The van der Waals surface area contributed by atoms with Gasteiger partial charge in [0.25, 0.3) is 5.91 Å². The van der Waals surface area contributed by atoms with Gasteiger partial charge in [-0.3, -0.25) is 24.0 Å². The van der Waals surface area contributed by atoms with Crippen molar-refractivity contribution in [1.82, 2.24) is 20.9 Å². The molecule has 1 aromatic rings. The highest BCUT2D eigenvalue weighted by atomic mass is 16.7. The van der Waals surface area contributed by atoms with Crippen LogP contribution in [-0.2, 0) is 28.8 Å². The minimum absolute atomic E-state index is 0.00573. The van der Waals surface area contributed by atoms with Gasteiger partial charge in [-0.05, 0) is 42.9 Å². The Balaban J connectivity index is 1.39. The smallest absolute Gasteiger partial charge is 0.289 e. The molecule has 0 unspecified atom stereocenters. The summed E-state index contributed by atoms with van der Waals surface area (Å²) < 4.78 is 10.9. The standard InChI is InChI=1S/C31H41N5O8/c1-6-7-20(25(38)28(40)33-19-9-10-19)34-27(39)22-14-31(15-36(22)29(41)26(30(3,4)5)32-17(2)37)13-21(35-44-31)18-8-11-23-24(12-18)43-16-42-23/h8,11-12,19-20,22,26H,6-7,9-10,13-16H2,1-5H3,(H,32,37)(H,33,40)(H,34,39)/t20-,22-,26+,31-/m0/s1. The third kappa shape index (κ3) is 6.66. The molecule has 238 valence electrons. The molecule has 2 fully saturated rings. The SMILES string of the molecule is CCC[C@H](NC(=O)[C@@H]1C[C@@]2(CC(c3ccc4c(c3)OCO4)=NO2)CN1C(=O)[C@@H](NC(C)=O)C(C)(C)C)C(=O)C(=O)NC1CC1. The zero-order valence-corrected chi connectivity index (χ0v) is 25.9. The molecule has 4 atom stereocenters. The van der Waals surface area contributed by atoms with Gasteiger partial charge in [0, 0.05) is 31.4 Å². The first-order valence-corrected chi connectivity index (χ1v) is 15.2. The number of fused-ring (bicyclic) bond motifs is 1. The summed E-state index contributed by atoms with van der Waals surface area (Å²) in [5, 5.41) is 12.5. The maximum Gasteiger partial charge on any atom is 0.289 e. The topological polar surface area (TPSA) is 165 Å². The number of hydrogen-bond acceptors (Lipinski definition) is 9. The van der Waals surface area contributed by atoms with Gasteiger partial charge in [-0.25, -0.2) is 0 Å². The van der Waals surface area contributed by atoms with Crippen LogP contribution in [0.3, 0.4) is 0 Å². The summed E-state index contributed by atoms with van der Waals surface area (Å²) in [7, 11) is 0. The third-order valence-electron chi connectivity index (χ3n) is 8.34. The summed E-state index contributed by atoms with van der Waals surface area (Å²) in [5.74, 6) is -1.62. The number of ether oxygens (including phenoxy) is 2. The predicted molar refractivity (Wildman–Crippen MR) is 158 cm³/mol. The first-order valence-electron chi connectivity index (χ1n) is 15.2. The number of likely N-dealkylation sites (tertiary alicyclic amines) is 1. The lowest BCUT2D eigenvalue weighted by molar-refractivity contribution is -0.145. The quantitative estimate of drug-likeness (QED) is 0.336. The van der Waals surface area contributed by atoms with E-state index in [1.165, 1.54) is 11.8 Å². The van der Waals surface area contributed by atoms with E-state index in [2.05, 4.69) is 21.1 Å². The normalized spacial score (nSPS) is 23.4. The maximum atomic E-state index is 14.1. The molecule has 1 aliphatic carbocycles. The van der Waals surface area contributed by atoms with E-state index in [0.717, 1.165) is 18.4 Å². The summed E-state index contributed by atoms with van der Waals surface area (Å²) in [6.07, 6.45) is 2.87. The Morgan fingerprint density at radius 2 is 1.82 bits per heavy atom. The van der Waals surface area contributed by atoms with Crippen molar-refractivity contribution in [2.24, 2.45) is 10.6 Å². The Kier molecular flexibility index (Phi) is 8.59. The number of nitrogens with zero attached hydrogens (tertiary/aromatic N) is 2. The second kappa shape index (κ2) is 12.1. The zero-order valence-electron chi connectivity index (χ0n) is 25.9. The Bertz CT molecular complexity index is 1380. The number of carbonyl (C=O) groups excluding carboxylic acids is 5. The van der Waals surface area contributed by atoms with E-state index in [-0.39, 0.29) is 38.1 Å². The molecule has 0 aromatic heterocycles. The number of oxime groups is 1. The summed E-state index contributed by atoms with van der Waals surface area (Å²) in [5.41, 5.74) is -0.304. The molecule has 3 aliphatic heterocycles. The Hall–Kier alpha value is -4.16. The fraction of sp³-hybridized carbons (Fsp3) is 0.613. The van der Waals surface area contributed by atoms with E-state index in [1.807, 2.05) is 39.8 Å². The van der Waals surface area contributed by atoms with Crippen molar-refractivity contribution < 1.29 is 38.3 Å². The Labute approximate surface area is 256 Å². The third-order valence-corrected chi connectivity index (χ3v) is 8.34. The molecule has 1 saturated carbocycles. The Morgan fingerprint density at radius 1 is 1.09 bits per heavy atom. The lowest BCUT2D eigenvalue weighted by Crippen LogP contribution is -2.59. The summed E-state index contributed by atoms with van der Waals surface area (Å²) >= 11 is 0. The fourth-order valence-corrected chi connectivity index (χ4v) is 5.85. The summed E-state index contributed by atoms with van der Waals surface area (Å²) in [4.78, 5) is 73.2. The van der Waals surface area contributed by atoms with E-state index in [0.29, 0.717) is 30.1 Å². The van der Waals surface area contributed by atoms with Crippen molar-refractivity contribution in [3.63, 3.8) is 0 Å². The zero-order chi connectivity index (χ0) is 31.8. The lowest BCUT2D eigenvalue weighted by atomic mass is 9.85. The molecule has 1 saturated heterocycles. The van der Waals surface area contributed by atoms with Crippen LogP contribution in [0.2, 0.25) is 0 Å². The molecule has 1 aromatic carbocycles. The number of nitrogens with one attached hydrogen (secondary N) is 3. The highest BCUT2D eigenvalue weighted by Crippen LogP contribution is 2.41. The molecule has 4 amide bonds. The fourth-order valence-electron chi connectivity index (χ4n) is 5.85. The molecule has 3 heterocycles. The molecule has 4 aliphatic rings. The van der Waals surface area contributed by atoms with Gasteiger partial charge in [0.1, 0.15) is 12.1 Å². The summed E-state index contributed by atoms with van der Waals surface area (Å²) in [6.45, 7) is 8.83. The molecule has 44 heavy (non-hydrogen) atoms. The number of Topliss-reactive ketones (excluding diaryl/α,β-unsaturated/α-hetero) is 1. The Morgan fingerprint density at radius 3 is 2.48 bits per heavy atom. The van der Waals surface area contributed by atoms with Crippen LogP contribution >= 0.6 is 0 Å². The number of amides is 4. The minimum atomic E-state index is -1.04. The van der Waals surface area contributed by atoms with Crippen LogP contribution in [0.15, 0.2) is 23.4 Å². The van der Waals surface area contributed by atoms with Crippen LogP contribution in [-0.4, -0.2) is 83.1 Å². The van der Waals surface area contributed by atoms with Crippen molar-refractivity contribution in [3.8, 4) is 11.5 Å². The van der Waals surface area contributed by atoms with Gasteiger partial charge in [0.05, 0.1) is 18.3 Å². The molecule has 0 bridgehead atoms. The number of rotatable bonds is 10. The number of benzene rings is 1. The van der Waals surface area contributed by atoms with Crippen molar-refractivity contribution in [2.75, 3.05) is 13.3 Å². The van der Waals surface area contributed by atoms with Gasteiger partial charge in [-0.1, -0.05) is 39.3 Å². The molecule has 13 nitrogen and oxygen atoms in total. The molecular weight excluding hydrogens is 570 g/mol. The average Bonchev–Trinajstić information content (AvgIpc) is 3.34. The monoisotopic (exact) mass is 611 g/mol. The lowest BCUT2D eigenvalue weighted by Gasteiger charge is -2.35. The van der Waals surface area contributed by atoms with Crippen LogP contribution < -0.4 is 25.4 Å². The van der Waals surface area contributed by atoms with Crippen molar-refractivity contribution >= 4 is 35.1 Å². The summed E-state index contributed by atoms with van der Waals surface area (Å²) in [6, 6.07) is 2.43. The second-order valence-electron chi connectivity index (χ2n) is 13.2. The van der Waals surface area contributed by atoms with E-state index in [9.17, 15) is 24.0 Å². The minimum Gasteiger partial charge on any atom is -0.454 e. The molecular formula is C31H41N5O8. The van der Waals surface area contributed by atoms with E-state index in [4.69, 9.17) is 14.3 Å². The second-order valence-corrected chi connectivity index (χ2v) is 13.2. The molecule has 1 spiro atoms. The van der Waals surface area contributed by atoms with Crippen molar-refractivity contribution in [2.45, 2.75) is 103 Å². The molecule has 13 heteroatoms. The van der Waals surface area contributed by atoms with E-state index >= 15 is 0 Å². The largest absolute Gasteiger partial charge is 0.454 e. The maximum absolute atomic E-state index is 14.1. The van der Waals surface area contributed by atoms with E-state index < -0.39 is 52.6 Å². The molecule has 5 rings (SSSR count). The van der Waals surface area contributed by atoms with Gasteiger partial charge < -0.3 is 35.2 Å². The number of hydrogen-bond donors (Lipinski definition) is 3. The molecule has 3 N–H and O–H groups in total. The number of carbonyl (C=O) groups is 5. The van der Waals surface area contributed by atoms with Crippen LogP contribution in [0.25, 0.3) is 0 Å². The molecule has 0 radical (unpaired) electrons. The van der Waals surface area contributed by atoms with Crippen LogP contribution in [0.4, 0.5) is 0 Å². The van der Waals surface area contributed by atoms with E-state index in [1.54, 1.807) is 6.07 Å². The first-order chi connectivity index (χ1) is 20.8. The van der Waals surface area contributed by atoms with Crippen LogP contribution in [0.1, 0.15) is 78.7 Å². The highest BCUT2D eigenvalue weighted by molar-refractivity contribution is 6.38. The van der Waals surface area contributed by atoms with Gasteiger partial charge >= 0.3 is 0 Å². The van der Waals surface area contributed by atoms with Gasteiger partial charge in [-0.15, -0.1) is 0 Å². The van der Waals surface area contributed by atoms with Crippen molar-refractivity contribution in [3.05, 3.63) is 23.8 Å². The first kappa shape index (κ1) is 31.3.